The highest BCUT2D eigenvalue weighted by Gasteiger charge is 2.43. The lowest BCUT2D eigenvalue weighted by Gasteiger charge is -2.34. The molecule has 0 unspecified atom stereocenters. The van der Waals surface area contributed by atoms with Crippen LogP contribution in [0.15, 0.2) is 361 Å². The van der Waals surface area contributed by atoms with E-state index in [0.717, 1.165) is 93.2 Å². The second-order valence-corrected chi connectivity index (χ2v) is 30.0. The summed E-state index contributed by atoms with van der Waals surface area (Å²) in [5.74, 6) is 1.83. The lowest BCUT2D eigenvalue weighted by atomic mass is 9.69. The summed E-state index contributed by atoms with van der Waals surface area (Å²) in [7, 11) is 0. The molecular weight excluding hydrogens is 1380 g/mol. The molecule has 0 atom stereocenters. The van der Waals surface area contributed by atoms with Crippen molar-refractivity contribution in [3.8, 4) is 101 Å². The van der Waals surface area contributed by atoms with Gasteiger partial charge in [-0.05, 0) is 244 Å². The Hall–Kier alpha value is -13.6. The first-order valence-electron chi connectivity index (χ1n) is 40.0. The largest absolute Gasteiger partial charge is 0.416 e. The molecule has 0 saturated carbocycles. The standard InChI is InChI=1S/C105H84N6O2/c1-3-5-7-29-63-105(64-30-8-6-4-2)95-69-73(99-91-55-25-21-51-87(91)97(88-52-22-26-56-92(88)99)71-35-31-37-75(65-71)101-106-108-103(112-101)77-39-33-49-83(67-77)110(79-41-13-9-14-42-79)80-43-15-10-16-44-80)59-61-85(95)86-62-60-74(70-96(86)105)100-93-57-27-23-53-89(93)98(90-54-24-28-58-94(90)100)72-36-32-38-76(66-72)102-107-109-104(113-102)78-40-34-50-84(68-78)111(81-45-17-11-18-46-81)82-47-19-12-20-48-82/h9-28,31-62,65-70H,3-8,29-30,63-64H2,1-2H3. The summed E-state index contributed by atoms with van der Waals surface area (Å²) < 4.78 is 13.4. The average Bonchev–Trinajstić information content (AvgIpc) is 1.69. The molecule has 0 saturated heterocycles. The second-order valence-electron chi connectivity index (χ2n) is 30.0. The number of anilines is 6. The van der Waals surface area contributed by atoms with Gasteiger partial charge in [0.1, 0.15) is 0 Å². The van der Waals surface area contributed by atoms with Crippen LogP contribution in [0.3, 0.4) is 0 Å². The van der Waals surface area contributed by atoms with E-state index < -0.39 is 0 Å². The Morgan fingerprint density at radius 1 is 0.230 bits per heavy atom. The van der Waals surface area contributed by atoms with Gasteiger partial charge < -0.3 is 18.6 Å². The van der Waals surface area contributed by atoms with Crippen LogP contribution in [0.5, 0.6) is 0 Å². The van der Waals surface area contributed by atoms with Crippen LogP contribution in [-0.4, -0.2) is 20.4 Å². The molecule has 0 N–H and O–H groups in total. The molecule has 16 aromatic carbocycles. The number of aromatic nitrogens is 4. The minimum absolute atomic E-state index is 0.236. The topological polar surface area (TPSA) is 84.3 Å². The van der Waals surface area contributed by atoms with E-state index in [9.17, 15) is 0 Å². The molecule has 113 heavy (non-hydrogen) atoms. The van der Waals surface area contributed by atoms with Gasteiger partial charge in [-0.3, -0.25) is 0 Å². The van der Waals surface area contributed by atoms with Gasteiger partial charge in [0.15, 0.2) is 0 Å². The van der Waals surface area contributed by atoms with Crippen molar-refractivity contribution in [3.63, 3.8) is 0 Å². The number of unbranched alkanes of at least 4 members (excludes halogenated alkanes) is 6. The lowest BCUT2D eigenvalue weighted by Crippen LogP contribution is -2.25. The normalized spacial score (nSPS) is 12.2. The highest BCUT2D eigenvalue weighted by atomic mass is 16.4. The van der Waals surface area contributed by atoms with Crippen LogP contribution in [0.2, 0.25) is 0 Å². The SMILES string of the molecule is CCCCCCC1(CCCCCC)c2cc(-c3c4ccccc4c(-c4cccc(-c5nnc(-c6cccc(N(c7ccccc7)c7ccccc7)c6)o5)c4)c4ccccc34)ccc2-c2ccc(-c3c4ccccc4c(-c4cccc(-c5nnc(-c6cccc(N(c7ccccc7)c7ccccc7)c6)o5)c4)c4ccccc34)cc21. The van der Waals surface area contributed by atoms with E-state index >= 15 is 0 Å². The zero-order valence-corrected chi connectivity index (χ0v) is 63.6. The van der Waals surface area contributed by atoms with E-state index in [0.29, 0.717) is 23.6 Å². The second kappa shape index (κ2) is 30.7. The van der Waals surface area contributed by atoms with E-state index in [1.54, 1.807) is 0 Å². The highest BCUT2D eigenvalue weighted by molar-refractivity contribution is 6.23. The van der Waals surface area contributed by atoms with Gasteiger partial charge in [0.25, 0.3) is 0 Å². The van der Waals surface area contributed by atoms with E-state index in [4.69, 9.17) is 29.2 Å². The predicted octanol–water partition coefficient (Wildman–Crippen LogP) is 29.5. The van der Waals surface area contributed by atoms with Crippen molar-refractivity contribution in [1.29, 1.82) is 0 Å². The van der Waals surface area contributed by atoms with Crippen LogP contribution in [0.1, 0.15) is 89.2 Å². The molecule has 0 fully saturated rings. The molecule has 8 heteroatoms. The van der Waals surface area contributed by atoms with E-state index in [2.05, 4.69) is 339 Å². The average molecular weight is 1460 g/mol. The van der Waals surface area contributed by atoms with Gasteiger partial charge in [-0.15, -0.1) is 20.4 Å². The van der Waals surface area contributed by atoms with Gasteiger partial charge in [0.05, 0.1) is 0 Å². The molecule has 8 nitrogen and oxygen atoms in total. The maximum absolute atomic E-state index is 6.68. The van der Waals surface area contributed by atoms with Crippen LogP contribution in [-0.2, 0) is 5.41 Å². The summed E-state index contributed by atoms with van der Waals surface area (Å²) >= 11 is 0. The summed E-state index contributed by atoms with van der Waals surface area (Å²) in [6.07, 6.45) is 11.6. The Kier molecular flexibility index (Phi) is 19.0. The molecule has 2 heterocycles. The van der Waals surface area contributed by atoms with Gasteiger partial charge in [0, 0.05) is 61.8 Å². The van der Waals surface area contributed by atoms with Crippen LogP contribution in [0.4, 0.5) is 34.1 Å². The van der Waals surface area contributed by atoms with Crippen LogP contribution >= 0.6 is 0 Å². The first kappa shape index (κ1) is 69.9. The van der Waals surface area contributed by atoms with Crippen molar-refractivity contribution in [3.05, 3.63) is 363 Å². The fourth-order valence-corrected chi connectivity index (χ4v) is 18.0. The first-order valence-corrected chi connectivity index (χ1v) is 40.0. The van der Waals surface area contributed by atoms with Gasteiger partial charge in [-0.2, -0.15) is 0 Å². The number of para-hydroxylation sites is 4. The Labute approximate surface area is 660 Å². The van der Waals surface area contributed by atoms with Crippen LogP contribution < -0.4 is 9.80 Å². The monoisotopic (exact) mass is 1460 g/mol. The summed E-state index contributed by atoms with van der Waals surface area (Å²) in [6, 6.07) is 127. The quantitative estimate of drug-likeness (QED) is 0.0437. The van der Waals surface area contributed by atoms with E-state index in [1.807, 2.05) is 36.4 Å². The van der Waals surface area contributed by atoms with Crippen molar-refractivity contribution in [2.45, 2.75) is 83.5 Å². The molecule has 0 amide bonds. The lowest BCUT2D eigenvalue weighted by molar-refractivity contribution is 0.401. The van der Waals surface area contributed by atoms with Crippen LogP contribution in [0, 0.1) is 0 Å². The number of hydrogen-bond donors (Lipinski definition) is 0. The number of hydrogen-bond acceptors (Lipinski definition) is 8. The molecule has 2 aromatic heterocycles. The van der Waals surface area contributed by atoms with Crippen molar-refractivity contribution < 1.29 is 8.83 Å². The molecular formula is C105H84N6O2. The molecule has 0 aliphatic heterocycles. The van der Waals surface area contributed by atoms with E-state index in [-0.39, 0.29) is 5.41 Å². The highest BCUT2D eigenvalue weighted by Crippen LogP contribution is 2.58. The third-order valence-corrected chi connectivity index (χ3v) is 23.1. The van der Waals surface area contributed by atoms with Gasteiger partial charge in [-0.1, -0.05) is 296 Å². The maximum Gasteiger partial charge on any atom is 0.248 e. The molecule has 0 radical (unpaired) electrons. The zero-order valence-electron chi connectivity index (χ0n) is 63.6. The summed E-state index contributed by atoms with van der Waals surface area (Å²) in [6.45, 7) is 4.67. The third-order valence-electron chi connectivity index (χ3n) is 23.1. The minimum atomic E-state index is -0.236. The van der Waals surface area contributed by atoms with Crippen molar-refractivity contribution in [1.82, 2.24) is 20.4 Å². The Bertz CT molecular complexity index is 5920. The van der Waals surface area contributed by atoms with Gasteiger partial charge in [-0.25, -0.2) is 0 Å². The fourth-order valence-electron chi connectivity index (χ4n) is 18.0. The number of nitrogens with zero attached hydrogens (tertiary/aromatic N) is 6. The first-order chi connectivity index (χ1) is 56.0. The van der Waals surface area contributed by atoms with Gasteiger partial charge in [0.2, 0.25) is 23.6 Å². The molecule has 0 spiro atoms. The third kappa shape index (κ3) is 13.1. The molecule has 18 aromatic rings. The molecule has 0 bridgehead atoms. The molecule has 1 aliphatic rings. The van der Waals surface area contributed by atoms with Crippen LogP contribution in [0.25, 0.3) is 145 Å². The summed E-state index contributed by atoms with van der Waals surface area (Å²) in [4.78, 5) is 4.49. The Balaban J connectivity index is 0.686. The number of benzene rings is 16. The van der Waals surface area contributed by atoms with Crippen molar-refractivity contribution in [2.75, 3.05) is 9.80 Å². The Morgan fingerprint density at radius 2 is 0.487 bits per heavy atom. The summed E-state index contributed by atoms with van der Waals surface area (Å²) in [5.41, 5.74) is 24.5. The number of rotatable bonds is 24. The van der Waals surface area contributed by atoms with E-state index in [1.165, 1.54) is 137 Å². The smallest absolute Gasteiger partial charge is 0.248 e. The maximum atomic E-state index is 6.68. The predicted molar refractivity (Wildman–Crippen MR) is 469 cm³/mol. The summed E-state index contributed by atoms with van der Waals surface area (Å²) in [5, 5.41) is 28.5. The molecule has 1 aliphatic carbocycles. The Morgan fingerprint density at radius 3 is 0.788 bits per heavy atom. The van der Waals surface area contributed by atoms with Crippen molar-refractivity contribution >= 4 is 77.2 Å². The van der Waals surface area contributed by atoms with Crippen molar-refractivity contribution in [2.24, 2.45) is 0 Å². The minimum Gasteiger partial charge on any atom is -0.416 e. The number of fused-ring (bicyclic) bond motifs is 7. The molecule has 19 rings (SSSR count). The fraction of sp³-hybridized carbons (Fsp3) is 0.124. The zero-order chi connectivity index (χ0) is 75.6. The van der Waals surface area contributed by atoms with Gasteiger partial charge >= 0.3 is 0 Å². The molecule has 546 valence electrons.